The molecule has 0 saturated carbocycles. The molecule has 0 unspecified atom stereocenters. The summed E-state index contributed by atoms with van der Waals surface area (Å²) in [4.78, 5) is 0. The minimum absolute atomic E-state index is 0.298. The van der Waals surface area contributed by atoms with Crippen LogP contribution in [0.5, 0.6) is 0 Å². The standard InChI is InChI=1S/C9H7N3O2S/c1-6-7(2-4-13-6)8-11-12-9(14-8)15-5-3-10/h2,4H,5H2,1H3. The highest BCUT2D eigenvalue weighted by Gasteiger charge is 2.12. The van der Waals surface area contributed by atoms with E-state index in [9.17, 15) is 0 Å². The molecule has 0 N–H and O–H groups in total. The minimum atomic E-state index is 0.298. The molecule has 0 spiro atoms. The first kappa shape index (κ1) is 9.80. The molecule has 6 heteroatoms. The summed E-state index contributed by atoms with van der Waals surface area (Å²) < 4.78 is 10.5. The number of furan rings is 1. The Balaban J connectivity index is 2.21. The van der Waals surface area contributed by atoms with Gasteiger partial charge in [0, 0.05) is 0 Å². The lowest BCUT2D eigenvalue weighted by atomic mass is 10.3. The first-order valence-electron chi connectivity index (χ1n) is 4.19. The van der Waals surface area contributed by atoms with Gasteiger partial charge in [-0.2, -0.15) is 5.26 Å². The van der Waals surface area contributed by atoms with E-state index in [1.54, 1.807) is 12.3 Å². The van der Waals surface area contributed by atoms with E-state index in [-0.39, 0.29) is 0 Å². The summed E-state index contributed by atoms with van der Waals surface area (Å²) in [6, 6.07) is 3.75. The van der Waals surface area contributed by atoms with Crippen LogP contribution in [0.3, 0.4) is 0 Å². The van der Waals surface area contributed by atoms with Crippen LogP contribution in [-0.4, -0.2) is 16.0 Å². The highest BCUT2D eigenvalue weighted by molar-refractivity contribution is 7.99. The highest BCUT2D eigenvalue weighted by Crippen LogP contribution is 2.25. The van der Waals surface area contributed by atoms with Crippen LogP contribution in [0.15, 0.2) is 26.4 Å². The maximum atomic E-state index is 8.39. The van der Waals surface area contributed by atoms with Gasteiger partial charge in [0.15, 0.2) is 0 Å². The summed E-state index contributed by atoms with van der Waals surface area (Å²) in [5, 5.41) is 16.5. The Kier molecular flexibility index (Phi) is 2.74. The van der Waals surface area contributed by atoms with Crippen molar-refractivity contribution < 1.29 is 8.83 Å². The fraction of sp³-hybridized carbons (Fsp3) is 0.222. The number of rotatable bonds is 3. The van der Waals surface area contributed by atoms with E-state index in [1.807, 2.05) is 13.0 Å². The van der Waals surface area contributed by atoms with Gasteiger partial charge < -0.3 is 8.83 Å². The molecule has 0 aliphatic rings. The van der Waals surface area contributed by atoms with Gasteiger partial charge in [-0.1, -0.05) is 11.8 Å². The van der Waals surface area contributed by atoms with E-state index < -0.39 is 0 Å². The zero-order chi connectivity index (χ0) is 10.7. The topological polar surface area (TPSA) is 75.8 Å². The van der Waals surface area contributed by atoms with Crippen LogP contribution in [-0.2, 0) is 0 Å². The molecule has 2 aromatic rings. The maximum Gasteiger partial charge on any atom is 0.277 e. The molecule has 2 heterocycles. The number of thioether (sulfide) groups is 1. The fourth-order valence-electron chi connectivity index (χ4n) is 1.08. The van der Waals surface area contributed by atoms with Gasteiger partial charge in [-0.15, -0.1) is 10.2 Å². The number of hydrogen-bond acceptors (Lipinski definition) is 6. The molecule has 15 heavy (non-hydrogen) atoms. The molecular weight excluding hydrogens is 214 g/mol. The Hall–Kier alpha value is -1.74. The van der Waals surface area contributed by atoms with Crippen molar-refractivity contribution in [2.24, 2.45) is 0 Å². The van der Waals surface area contributed by atoms with Crippen molar-refractivity contribution in [3.8, 4) is 17.5 Å². The van der Waals surface area contributed by atoms with Crippen molar-refractivity contribution in [2.75, 3.05) is 5.75 Å². The average molecular weight is 221 g/mol. The van der Waals surface area contributed by atoms with Crippen LogP contribution in [0, 0.1) is 18.3 Å². The van der Waals surface area contributed by atoms with Crippen LogP contribution in [0.2, 0.25) is 0 Å². The summed E-state index contributed by atoms with van der Waals surface area (Å²) in [5.74, 6) is 1.45. The Morgan fingerprint density at radius 3 is 3.07 bits per heavy atom. The Bertz CT molecular complexity index is 497. The predicted molar refractivity (Wildman–Crippen MR) is 53.1 cm³/mol. The van der Waals surface area contributed by atoms with E-state index in [0.717, 1.165) is 11.3 Å². The highest BCUT2D eigenvalue weighted by atomic mass is 32.2. The van der Waals surface area contributed by atoms with Gasteiger partial charge in [0.2, 0.25) is 0 Å². The molecule has 0 radical (unpaired) electrons. The van der Waals surface area contributed by atoms with Crippen molar-refractivity contribution in [1.29, 1.82) is 5.26 Å². The quantitative estimate of drug-likeness (QED) is 0.740. The molecule has 0 aliphatic carbocycles. The minimum Gasteiger partial charge on any atom is -0.469 e. The SMILES string of the molecule is Cc1occc1-c1nnc(SCC#N)o1. The lowest BCUT2D eigenvalue weighted by Crippen LogP contribution is -1.76. The van der Waals surface area contributed by atoms with Gasteiger partial charge >= 0.3 is 0 Å². The molecular formula is C9H7N3O2S. The lowest BCUT2D eigenvalue weighted by Gasteiger charge is -1.89. The average Bonchev–Trinajstić information content (AvgIpc) is 2.83. The monoisotopic (exact) mass is 221 g/mol. The second-order valence-corrected chi connectivity index (χ2v) is 3.64. The third kappa shape index (κ3) is 2.02. The summed E-state index contributed by atoms with van der Waals surface area (Å²) in [7, 11) is 0. The molecule has 2 aromatic heterocycles. The van der Waals surface area contributed by atoms with Crippen LogP contribution in [0.4, 0.5) is 0 Å². The molecule has 76 valence electrons. The molecule has 5 nitrogen and oxygen atoms in total. The summed E-state index contributed by atoms with van der Waals surface area (Å²) in [6.45, 7) is 1.82. The number of nitriles is 1. The van der Waals surface area contributed by atoms with Crippen molar-refractivity contribution in [3.05, 3.63) is 18.1 Å². The van der Waals surface area contributed by atoms with E-state index in [2.05, 4.69) is 10.2 Å². The first-order valence-corrected chi connectivity index (χ1v) is 5.17. The van der Waals surface area contributed by atoms with E-state index in [4.69, 9.17) is 14.1 Å². The summed E-state index contributed by atoms with van der Waals surface area (Å²) >= 11 is 1.21. The van der Waals surface area contributed by atoms with Crippen molar-refractivity contribution >= 4 is 11.8 Å². The smallest absolute Gasteiger partial charge is 0.277 e. The summed E-state index contributed by atoms with van der Waals surface area (Å²) in [6.07, 6.45) is 1.57. The van der Waals surface area contributed by atoms with Crippen molar-refractivity contribution in [2.45, 2.75) is 12.1 Å². The molecule has 2 rings (SSSR count). The van der Waals surface area contributed by atoms with Crippen LogP contribution in [0.1, 0.15) is 5.76 Å². The van der Waals surface area contributed by atoms with Crippen molar-refractivity contribution in [1.82, 2.24) is 10.2 Å². The number of hydrogen-bond donors (Lipinski definition) is 0. The first-order chi connectivity index (χ1) is 7.31. The Labute approximate surface area is 90.1 Å². The van der Waals surface area contributed by atoms with Crippen LogP contribution >= 0.6 is 11.8 Å². The third-order valence-electron chi connectivity index (χ3n) is 1.76. The summed E-state index contributed by atoms with van der Waals surface area (Å²) in [5.41, 5.74) is 0.784. The van der Waals surface area contributed by atoms with Gasteiger partial charge in [0.05, 0.1) is 23.6 Å². The number of aryl methyl sites for hydroxylation is 1. The lowest BCUT2D eigenvalue weighted by molar-refractivity contribution is 0.464. The van der Waals surface area contributed by atoms with E-state index in [0.29, 0.717) is 16.9 Å². The predicted octanol–water partition coefficient (Wildman–Crippen LogP) is 2.25. The molecule has 0 amide bonds. The van der Waals surface area contributed by atoms with Crippen LogP contribution < -0.4 is 0 Å². The molecule has 0 saturated heterocycles. The molecule has 0 aliphatic heterocycles. The fourth-order valence-corrected chi connectivity index (χ4v) is 1.50. The van der Waals surface area contributed by atoms with Gasteiger partial charge in [0.1, 0.15) is 5.76 Å². The van der Waals surface area contributed by atoms with Gasteiger partial charge in [-0.05, 0) is 13.0 Å². The van der Waals surface area contributed by atoms with E-state index >= 15 is 0 Å². The normalized spacial score (nSPS) is 10.1. The van der Waals surface area contributed by atoms with E-state index in [1.165, 1.54) is 11.8 Å². The molecule has 0 aromatic carbocycles. The Morgan fingerprint density at radius 1 is 1.53 bits per heavy atom. The third-order valence-corrected chi connectivity index (χ3v) is 2.44. The Morgan fingerprint density at radius 2 is 2.40 bits per heavy atom. The van der Waals surface area contributed by atoms with Crippen LogP contribution in [0.25, 0.3) is 11.5 Å². The molecule has 0 bridgehead atoms. The largest absolute Gasteiger partial charge is 0.469 e. The molecule has 0 atom stereocenters. The van der Waals surface area contributed by atoms with Crippen molar-refractivity contribution in [3.63, 3.8) is 0 Å². The van der Waals surface area contributed by atoms with Gasteiger partial charge in [0.25, 0.3) is 11.1 Å². The number of nitrogens with zero attached hydrogens (tertiary/aromatic N) is 3. The zero-order valence-corrected chi connectivity index (χ0v) is 8.74. The maximum absolute atomic E-state index is 8.39. The molecule has 0 fully saturated rings. The van der Waals surface area contributed by atoms with Gasteiger partial charge in [-0.3, -0.25) is 0 Å². The second-order valence-electron chi connectivity index (χ2n) is 2.71. The van der Waals surface area contributed by atoms with Gasteiger partial charge in [-0.25, -0.2) is 0 Å². The second kappa shape index (κ2) is 4.19. The number of aromatic nitrogens is 2. The zero-order valence-electron chi connectivity index (χ0n) is 7.93.